The molecular formula is C33H27Zr. The molecule has 0 aliphatic heterocycles. The predicted molar refractivity (Wildman–Crippen MR) is 141 cm³/mol. The summed E-state index contributed by atoms with van der Waals surface area (Å²) in [4.78, 5) is 0. The number of benzene rings is 4. The number of aryl methyl sites for hydroxylation is 2. The third-order valence-electron chi connectivity index (χ3n) is 7.13. The molecule has 0 saturated heterocycles. The van der Waals surface area contributed by atoms with Gasteiger partial charge in [0.05, 0.1) is 0 Å². The average Bonchev–Trinajstić information content (AvgIpc) is 3.51. The van der Waals surface area contributed by atoms with Gasteiger partial charge in [0.15, 0.2) is 0 Å². The van der Waals surface area contributed by atoms with Crippen molar-refractivity contribution < 1.29 is 22.8 Å². The molecule has 0 amide bonds. The van der Waals surface area contributed by atoms with Gasteiger partial charge in [-0.3, -0.25) is 0 Å². The van der Waals surface area contributed by atoms with Gasteiger partial charge in [-0.05, 0) is 0 Å². The molecule has 0 aromatic heterocycles. The Labute approximate surface area is 213 Å². The Balaban J connectivity index is 1.65. The second-order valence-corrected chi connectivity index (χ2v) is 12.6. The van der Waals surface area contributed by atoms with Crippen molar-refractivity contribution in [2.75, 3.05) is 0 Å². The zero-order valence-electron chi connectivity index (χ0n) is 19.7. The molecule has 1 atom stereocenters. The first kappa shape index (κ1) is 21.6. The van der Waals surface area contributed by atoms with E-state index in [4.69, 9.17) is 0 Å². The van der Waals surface area contributed by atoms with E-state index < -0.39 is 22.8 Å². The van der Waals surface area contributed by atoms with Gasteiger partial charge in [-0.25, -0.2) is 0 Å². The zero-order chi connectivity index (χ0) is 23.1. The predicted octanol–water partition coefficient (Wildman–Crippen LogP) is 8.07. The number of fused-ring (bicyclic) bond motifs is 3. The van der Waals surface area contributed by atoms with Crippen LogP contribution in [0.15, 0.2) is 109 Å². The van der Waals surface area contributed by atoms with Crippen LogP contribution in [0.3, 0.4) is 0 Å². The Bertz CT molecular complexity index is 1430. The van der Waals surface area contributed by atoms with Gasteiger partial charge in [-0.1, -0.05) is 0 Å². The van der Waals surface area contributed by atoms with Crippen molar-refractivity contribution in [1.29, 1.82) is 0 Å². The van der Waals surface area contributed by atoms with E-state index in [9.17, 15) is 0 Å². The van der Waals surface area contributed by atoms with Gasteiger partial charge in [0.1, 0.15) is 0 Å². The van der Waals surface area contributed by atoms with Crippen LogP contribution >= 0.6 is 0 Å². The summed E-state index contributed by atoms with van der Waals surface area (Å²) in [6.07, 6.45) is 7.89. The van der Waals surface area contributed by atoms with E-state index in [1.807, 2.05) is 0 Å². The third kappa shape index (κ3) is 3.68. The Morgan fingerprint density at radius 1 is 0.706 bits per heavy atom. The van der Waals surface area contributed by atoms with Crippen LogP contribution in [0, 0.1) is 13.8 Å². The maximum atomic E-state index is 2.40. The van der Waals surface area contributed by atoms with Crippen LogP contribution in [0.2, 0.25) is 0 Å². The van der Waals surface area contributed by atoms with Gasteiger partial charge >= 0.3 is 215 Å². The Morgan fingerprint density at radius 2 is 1.38 bits per heavy atom. The Kier molecular flexibility index (Phi) is 5.76. The van der Waals surface area contributed by atoms with Crippen LogP contribution in [-0.2, 0) is 22.8 Å². The zero-order valence-corrected chi connectivity index (χ0v) is 22.1. The van der Waals surface area contributed by atoms with E-state index >= 15 is 0 Å². The van der Waals surface area contributed by atoms with Crippen molar-refractivity contribution in [3.63, 3.8) is 0 Å². The summed E-state index contributed by atoms with van der Waals surface area (Å²) in [5.41, 5.74) is 14.6. The van der Waals surface area contributed by atoms with Crippen molar-refractivity contribution in [3.05, 3.63) is 148 Å². The summed E-state index contributed by atoms with van der Waals surface area (Å²) in [7, 11) is 0. The molecule has 0 fully saturated rings. The van der Waals surface area contributed by atoms with Crippen molar-refractivity contribution in [2.24, 2.45) is 0 Å². The molecule has 0 spiro atoms. The van der Waals surface area contributed by atoms with Gasteiger partial charge in [-0.2, -0.15) is 0 Å². The fourth-order valence-electron chi connectivity index (χ4n) is 5.60. The molecule has 163 valence electrons. The SMILES string of the molecule is Cc1ccc2c(c1C1=CC=CC1)[CH]([Zr]=[C](c1ccccc1)c1ccccc1)c1cccc(C)c1-2. The standard InChI is InChI=1S/C20H17.C13H10.Zr/c1-13-6-5-9-16-12-18-17(20(13)16)11-10-14(2)19(18)15-7-3-4-8-15;1-3-7-12(8-4-1)11-13-9-5-2-6-10-13;/h3-7,9-12H,8H2,1-2H3;1-10H;. The number of allylic oxidation sites excluding steroid dienone is 4. The second-order valence-electron chi connectivity index (χ2n) is 9.27. The summed E-state index contributed by atoms with van der Waals surface area (Å²) < 4.78 is 2.08. The van der Waals surface area contributed by atoms with Crippen LogP contribution in [0.4, 0.5) is 0 Å². The molecule has 0 saturated carbocycles. The van der Waals surface area contributed by atoms with Crippen molar-refractivity contribution >= 4 is 8.78 Å². The minimum absolute atomic E-state index is 0.500. The van der Waals surface area contributed by atoms with Crippen LogP contribution < -0.4 is 0 Å². The van der Waals surface area contributed by atoms with Crippen molar-refractivity contribution in [2.45, 2.75) is 23.9 Å². The number of hydrogen-bond acceptors (Lipinski definition) is 0. The summed E-state index contributed by atoms with van der Waals surface area (Å²) >= 11 is -1.11. The van der Waals surface area contributed by atoms with Crippen molar-refractivity contribution in [3.8, 4) is 11.1 Å². The number of hydrogen-bond donors (Lipinski definition) is 0. The summed E-state index contributed by atoms with van der Waals surface area (Å²) in [5.74, 6) is 0. The van der Waals surface area contributed by atoms with E-state index in [1.54, 1.807) is 14.3 Å². The molecule has 0 nitrogen and oxygen atoms in total. The first-order chi connectivity index (χ1) is 16.7. The first-order valence-corrected chi connectivity index (χ1v) is 14.7. The first-order valence-electron chi connectivity index (χ1n) is 12.1. The van der Waals surface area contributed by atoms with Gasteiger partial charge in [0.25, 0.3) is 0 Å². The monoisotopic (exact) mass is 513 g/mol. The van der Waals surface area contributed by atoms with Crippen LogP contribution in [-0.4, -0.2) is 3.21 Å². The third-order valence-corrected chi connectivity index (χ3v) is 11.4. The molecule has 4 aromatic rings. The molecule has 0 N–H and O–H groups in total. The molecular weight excluding hydrogens is 488 g/mol. The Morgan fingerprint density at radius 3 is 2.03 bits per heavy atom. The quantitative estimate of drug-likeness (QED) is 0.258. The van der Waals surface area contributed by atoms with E-state index in [0.717, 1.165) is 6.42 Å². The topological polar surface area (TPSA) is 0 Å². The molecule has 0 radical (unpaired) electrons. The summed E-state index contributed by atoms with van der Waals surface area (Å²) in [6.45, 7) is 4.58. The molecule has 4 aromatic carbocycles. The number of rotatable bonds is 4. The molecule has 6 rings (SSSR count). The van der Waals surface area contributed by atoms with Gasteiger partial charge in [-0.15, -0.1) is 0 Å². The second kappa shape index (κ2) is 9.05. The maximum absolute atomic E-state index is 2.40. The minimum atomic E-state index is -1.11. The average molecular weight is 515 g/mol. The summed E-state index contributed by atoms with van der Waals surface area (Å²) in [5, 5.41) is 0. The molecule has 2 aliphatic rings. The van der Waals surface area contributed by atoms with E-state index in [1.165, 1.54) is 44.5 Å². The summed E-state index contributed by atoms with van der Waals surface area (Å²) in [6, 6.07) is 33.9. The van der Waals surface area contributed by atoms with Crippen molar-refractivity contribution in [1.82, 2.24) is 0 Å². The van der Waals surface area contributed by atoms with Crippen LogP contribution in [0.25, 0.3) is 16.7 Å². The fraction of sp³-hybridized carbons (Fsp3) is 0.121. The van der Waals surface area contributed by atoms with E-state index in [2.05, 4.69) is 123 Å². The normalized spacial score (nSPS) is 15.5. The van der Waals surface area contributed by atoms with E-state index in [0.29, 0.717) is 3.63 Å². The van der Waals surface area contributed by atoms with Gasteiger partial charge in [0, 0.05) is 0 Å². The van der Waals surface area contributed by atoms with Crippen LogP contribution in [0.5, 0.6) is 0 Å². The molecule has 2 aliphatic carbocycles. The molecule has 0 bridgehead atoms. The molecule has 0 heterocycles. The fourth-order valence-corrected chi connectivity index (χ4v) is 10.0. The van der Waals surface area contributed by atoms with Gasteiger partial charge in [0.2, 0.25) is 0 Å². The van der Waals surface area contributed by atoms with Gasteiger partial charge < -0.3 is 0 Å². The Hall–Kier alpha value is -2.89. The molecule has 1 heteroatoms. The molecule has 34 heavy (non-hydrogen) atoms. The molecule has 1 unspecified atom stereocenters. The van der Waals surface area contributed by atoms with E-state index in [-0.39, 0.29) is 0 Å². The van der Waals surface area contributed by atoms with Crippen LogP contribution in [0.1, 0.15) is 49.0 Å².